The molecule has 3 rings (SSSR count). The summed E-state index contributed by atoms with van der Waals surface area (Å²) in [7, 11) is 2.17. The highest BCUT2D eigenvalue weighted by molar-refractivity contribution is 6.41. The second-order valence-corrected chi connectivity index (χ2v) is 6.76. The van der Waals surface area contributed by atoms with E-state index in [1.807, 2.05) is 0 Å². The molecule has 5 heteroatoms. The summed E-state index contributed by atoms with van der Waals surface area (Å²) >= 11 is 0. The Bertz CT molecular complexity index is 530. The minimum Gasteiger partial charge on any atom is -0.461 e. The zero-order valence-electron chi connectivity index (χ0n) is 13.2. The minimum atomic E-state index is -0.524. The smallest absolute Gasteiger partial charge is 0.298 e. The molecular weight excluding hydrogens is 280 g/mol. The van der Waals surface area contributed by atoms with Gasteiger partial charge >= 0.3 is 0 Å². The van der Waals surface area contributed by atoms with Crippen LogP contribution in [-0.4, -0.2) is 54.7 Å². The molecule has 0 aliphatic carbocycles. The van der Waals surface area contributed by atoms with Gasteiger partial charge in [-0.3, -0.25) is 9.59 Å². The lowest BCUT2D eigenvalue weighted by Crippen LogP contribution is -2.40. The summed E-state index contributed by atoms with van der Waals surface area (Å²) in [4.78, 5) is 28.6. The molecule has 1 aromatic rings. The summed E-state index contributed by atoms with van der Waals surface area (Å²) in [5.41, 5.74) is 0.370. The number of hydrogen-bond acceptors (Lipinski definition) is 4. The Morgan fingerprint density at radius 1 is 1.09 bits per heavy atom. The number of furan rings is 1. The maximum absolute atomic E-state index is 12.4. The third-order valence-electron chi connectivity index (χ3n) is 5.32. The predicted octanol–water partition coefficient (Wildman–Crippen LogP) is 2.19. The molecule has 5 nitrogen and oxygen atoms in total. The zero-order valence-corrected chi connectivity index (χ0v) is 13.2. The van der Waals surface area contributed by atoms with E-state index in [9.17, 15) is 9.59 Å². The molecule has 0 atom stereocenters. The Balaban J connectivity index is 1.63. The van der Waals surface area contributed by atoms with Crippen molar-refractivity contribution < 1.29 is 14.0 Å². The second kappa shape index (κ2) is 6.24. The van der Waals surface area contributed by atoms with Gasteiger partial charge in [0.1, 0.15) is 0 Å². The van der Waals surface area contributed by atoms with Crippen molar-refractivity contribution in [2.75, 3.05) is 33.2 Å². The normalized spacial score (nSPS) is 22.5. The van der Waals surface area contributed by atoms with E-state index in [2.05, 4.69) is 11.9 Å². The molecule has 0 radical (unpaired) electrons. The largest absolute Gasteiger partial charge is 0.461 e. The first-order valence-corrected chi connectivity index (χ1v) is 8.15. The Labute approximate surface area is 131 Å². The summed E-state index contributed by atoms with van der Waals surface area (Å²) in [6, 6.07) is 3.19. The minimum absolute atomic E-state index is 0.142. The highest BCUT2D eigenvalue weighted by Gasteiger charge is 2.37. The van der Waals surface area contributed by atoms with Crippen molar-refractivity contribution in [3.8, 4) is 0 Å². The fourth-order valence-electron chi connectivity index (χ4n) is 3.71. The first-order valence-electron chi connectivity index (χ1n) is 8.15. The van der Waals surface area contributed by atoms with Crippen LogP contribution >= 0.6 is 0 Å². The number of hydrogen-bond donors (Lipinski definition) is 0. The Morgan fingerprint density at radius 2 is 1.82 bits per heavy atom. The van der Waals surface area contributed by atoms with Crippen LogP contribution in [0.5, 0.6) is 0 Å². The van der Waals surface area contributed by atoms with Gasteiger partial charge in [-0.2, -0.15) is 0 Å². The molecule has 1 spiro atoms. The van der Waals surface area contributed by atoms with E-state index in [1.54, 1.807) is 17.0 Å². The number of rotatable bonds is 2. The molecule has 0 aromatic carbocycles. The van der Waals surface area contributed by atoms with Crippen LogP contribution in [0, 0.1) is 5.41 Å². The number of ketones is 1. The van der Waals surface area contributed by atoms with Crippen molar-refractivity contribution in [2.45, 2.75) is 32.1 Å². The summed E-state index contributed by atoms with van der Waals surface area (Å²) in [6.45, 7) is 3.65. The van der Waals surface area contributed by atoms with Crippen molar-refractivity contribution in [1.82, 2.24) is 9.80 Å². The van der Waals surface area contributed by atoms with Gasteiger partial charge in [-0.1, -0.05) is 0 Å². The van der Waals surface area contributed by atoms with E-state index in [4.69, 9.17) is 4.42 Å². The quantitative estimate of drug-likeness (QED) is 0.621. The number of nitrogens with zero attached hydrogens (tertiary/aromatic N) is 2. The van der Waals surface area contributed by atoms with Crippen molar-refractivity contribution in [2.24, 2.45) is 5.41 Å². The second-order valence-electron chi connectivity index (χ2n) is 6.76. The Morgan fingerprint density at radius 3 is 2.50 bits per heavy atom. The summed E-state index contributed by atoms with van der Waals surface area (Å²) in [6.07, 6.45) is 7.00. The highest BCUT2D eigenvalue weighted by Crippen LogP contribution is 2.40. The summed E-state index contributed by atoms with van der Waals surface area (Å²) < 4.78 is 5.06. The van der Waals surface area contributed by atoms with Crippen LogP contribution < -0.4 is 0 Å². The van der Waals surface area contributed by atoms with Crippen LogP contribution in [-0.2, 0) is 4.79 Å². The Kier molecular flexibility index (Phi) is 4.34. The molecule has 1 aromatic heterocycles. The fourth-order valence-corrected chi connectivity index (χ4v) is 3.71. The van der Waals surface area contributed by atoms with Gasteiger partial charge in [-0.15, -0.1) is 0 Å². The average Bonchev–Trinajstić information content (AvgIpc) is 2.99. The summed E-state index contributed by atoms with van der Waals surface area (Å²) in [5, 5.41) is 0. The summed E-state index contributed by atoms with van der Waals surface area (Å²) in [5.74, 6) is -0.799. The number of carbonyl (C=O) groups is 2. The predicted molar refractivity (Wildman–Crippen MR) is 82.6 cm³/mol. The number of likely N-dealkylation sites (tertiary alicyclic amines) is 2. The molecule has 120 valence electrons. The number of piperidine rings is 1. The molecule has 1 amide bonds. The number of amides is 1. The van der Waals surface area contributed by atoms with E-state index in [0.29, 0.717) is 18.5 Å². The van der Waals surface area contributed by atoms with Crippen LogP contribution in [0.3, 0.4) is 0 Å². The highest BCUT2D eigenvalue weighted by atomic mass is 16.3. The average molecular weight is 304 g/mol. The molecule has 0 unspecified atom stereocenters. The van der Waals surface area contributed by atoms with Gasteiger partial charge < -0.3 is 14.2 Å². The molecular formula is C17H24N2O3. The van der Waals surface area contributed by atoms with Crippen LogP contribution in [0.2, 0.25) is 0 Å². The molecule has 0 N–H and O–H groups in total. The van der Waals surface area contributed by atoms with E-state index in [0.717, 1.165) is 25.9 Å². The fraction of sp³-hybridized carbons (Fsp3) is 0.647. The molecule has 2 fully saturated rings. The maximum atomic E-state index is 12.4. The third-order valence-corrected chi connectivity index (χ3v) is 5.32. The van der Waals surface area contributed by atoms with E-state index in [1.165, 1.54) is 25.5 Å². The van der Waals surface area contributed by atoms with Crippen molar-refractivity contribution in [3.05, 3.63) is 24.2 Å². The van der Waals surface area contributed by atoms with Crippen molar-refractivity contribution in [1.29, 1.82) is 0 Å². The van der Waals surface area contributed by atoms with Crippen molar-refractivity contribution >= 4 is 11.7 Å². The SMILES string of the molecule is CN1CCC2(CCCN(C(=O)C(=O)c3ccco3)CC2)CC1. The lowest BCUT2D eigenvalue weighted by molar-refractivity contribution is -0.126. The molecule has 0 saturated carbocycles. The molecule has 22 heavy (non-hydrogen) atoms. The molecule has 2 aliphatic rings. The topological polar surface area (TPSA) is 53.8 Å². The first kappa shape index (κ1) is 15.3. The number of Topliss-reactive ketones (excluding diaryl/α,β-unsaturated/α-hetero) is 1. The van der Waals surface area contributed by atoms with Crippen LogP contribution in [0.1, 0.15) is 42.7 Å². The van der Waals surface area contributed by atoms with Crippen LogP contribution in [0.15, 0.2) is 22.8 Å². The molecule has 3 heterocycles. The lowest BCUT2D eigenvalue weighted by Gasteiger charge is -2.40. The van der Waals surface area contributed by atoms with E-state index < -0.39 is 11.7 Å². The molecule has 2 aliphatic heterocycles. The lowest BCUT2D eigenvalue weighted by atomic mass is 9.73. The van der Waals surface area contributed by atoms with Gasteiger partial charge in [0.25, 0.3) is 11.7 Å². The van der Waals surface area contributed by atoms with Gasteiger partial charge in [0.15, 0.2) is 5.76 Å². The van der Waals surface area contributed by atoms with Gasteiger partial charge in [0, 0.05) is 13.1 Å². The molecule has 0 bridgehead atoms. The maximum Gasteiger partial charge on any atom is 0.298 e. The number of carbonyl (C=O) groups excluding carboxylic acids is 2. The van der Waals surface area contributed by atoms with Gasteiger partial charge in [0.2, 0.25) is 0 Å². The van der Waals surface area contributed by atoms with Gasteiger partial charge in [0.05, 0.1) is 6.26 Å². The van der Waals surface area contributed by atoms with Crippen LogP contribution in [0.25, 0.3) is 0 Å². The van der Waals surface area contributed by atoms with Crippen LogP contribution in [0.4, 0.5) is 0 Å². The van der Waals surface area contributed by atoms with Gasteiger partial charge in [-0.05, 0) is 69.8 Å². The monoisotopic (exact) mass is 304 g/mol. The first-order chi connectivity index (χ1) is 10.6. The van der Waals surface area contributed by atoms with E-state index in [-0.39, 0.29) is 5.76 Å². The van der Waals surface area contributed by atoms with Crippen molar-refractivity contribution in [3.63, 3.8) is 0 Å². The standard InChI is InChI=1S/C17H24N2O3/c1-18-10-6-17(7-11-18)5-3-9-19(12-8-17)16(21)15(20)14-4-2-13-22-14/h2,4,13H,3,5-12H2,1H3. The molecule has 2 saturated heterocycles. The third kappa shape index (κ3) is 3.09. The van der Waals surface area contributed by atoms with Gasteiger partial charge in [-0.25, -0.2) is 0 Å². The van der Waals surface area contributed by atoms with E-state index >= 15 is 0 Å². The Hall–Kier alpha value is -1.62. The zero-order chi connectivity index (χ0) is 15.6.